The predicted octanol–water partition coefficient (Wildman–Crippen LogP) is 5.32. The first-order valence-corrected chi connectivity index (χ1v) is 11.5. The summed E-state index contributed by atoms with van der Waals surface area (Å²) in [5.41, 5.74) is 2.96. The molecule has 1 heterocycles. The van der Waals surface area contributed by atoms with Crippen molar-refractivity contribution < 1.29 is 14.3 Å². The molecule has 0 saturated heterocycles. The number of benzene rings is 1. The Morgan fingerprint density at radius 2 is 2.03 bits per heavy atom. The molecule has 1 aromatic carbocycles. The van der Waals surface area contributed by atoms with E-state index in [1.54, 1.807) is 43.6 Å². The maximum Gasteiger partial charge on any atom is 0.427 e. The van der Waals surface area contributed by atoms with Gasteiger partial charge in [0.1, 0.15) is 5.75 Å². The van der Waals surface area contributed by atoms with Crippen LogP contribution in [0.5, 0.6) is 5.75 Å². The molecule has 1 aromatic heterocycles. The zero-order valence-corrected chi connectivity index (χ0v) is 20.6. The Kier molecular flexibility index (Phi) is 9.13. The molecule has 0 aliphatic rings. The third-order valence-electron chi connectivity index (χ3n) is 4.34. The van der Waals surface area contributed by atoms with Crippen LogP contribution in [0.1, 0.15) is 57.9 Å². The van der Waals surface area contributed by atoms with Crippen molar-refractivity contribution in [1.29, 1.82) is 0 Å². The lowest BCUT2D eigenvalue weighted by Crippen LogP contribution is -2.23. The highest BCUT2D eigenvalue weighted by Crippen LogP contribution is 2.26. The minimum atomic E-state index is -0.656. The number of hydrazone groups is 1. The van der Waals surface area contributed by atoms with E-state index in [9.17, 15) is 4.79 Å². The molecule has 0 aliphatic heterocycles. The van der Waals surface area contributed by atoms with Crippen LogP contribution < -0.4 is 15.0 Å². The number of nitrogens with zero attached hydrogens (tertiary/aromatic N) is 3. The summed E-state index contributed by atoms with van der Waals surface area (Å²) < 4.78 is 12.5. The number of hydrogen-bond donors (Lipinski definition) is 1. The van der Waals surface area contributed by atoms with Crippen LogP contribution in [-0.2, 0) is 16.7 Å². The lowest BCUT2D eigenvalue weighted by molar-refractivity contribution is 0.152. The first-order valence-electron chi connectivity index (χ1n) is 10.3. The largest absolute Gasteiger partial charge is 0.496 e. The Labute approximate surface area is 192 Å². The fourth-order valence-corrected chi connectivity index (χ4v) is 3.90. The van der Waals surface area contributed by atoms with Crippen molar-refractivity contribution in [2.24, 2.45) is 10.1 Å². The van der Waals surface area contributed by atoms with E-state index in [0.717, 1.165) is 24.2 Å². The van der Waals surface area contributed by atoms with E-state index in [-0.39, 0.29) is 17.9 Å². The summed E-state index contributed by atoms with van der Waals surface area (Å²) in [6.45, 7) is 11.5. The molecule has 0 aliphatic carbocycles. The van der Waals surface area contributed by atoms with E-state index < -0.39 is 6.09 Å². The molecule has 170 valence electrons. The van der Waals surface area contributed by atoms with Gasteiger partial charge in [0.25, 0.3) is 0 Å². The number of nitrogens with one attached hydrogen (secondary N) is 1. The lowest BCUT2D eigenvalue weighted by atomic mass is 9.95. The topological polar surface area (TPSA) is 77.2 Å². The number of unbranched alkanes of at least 4 members (excludes halogenated alkanes) is 1. The Balaban J connectivity index is 2.66. The normalized spacial score (nSPS) is 12.7. The molecule has 0 bridgehead atoms. The Morgan fingerprint density at radius 1 is 1.29 bits per heavy atom. The van der Waals surface area contributed by atoms with Gasteiger partial charge in [-0.1, -0.05) is 45.7 Å². The van der Waals surface area contributed by atoms with Crippen LogP contribution in [0, 0.1) is 0 Å². The van der Waals surface area contributed by atoms with E-state index >= 15 is 0 Å². The van der Waals surface area contributed by atoms with E-state index in [1.807, 2.05) is 0 Å². The average molecular weight is 467 g/mol. The fraction of sp³-hybridized carbons (Fsp3) is 0.500. The summed E-state index contributed by atoms with van der Waals surface area (Å²) in [6.07, 6.45) is 3.59. The van der Waals surface area contributed by atoms with Gasteiger partial charge in [0.15, 0.2) is 10.6 Å². The first-order chi connectivity index (χ1) is 14.7. The van der Waals surface area contributed by atoms with Crippen LogP contribution in [0.3, 0.4) is 0 Å². The van der Waals surface area contributed by atoms with Crippen molar-refractivity contribution in [3.05, 3.63) is 44.7 Å². The van der Waals surface area contributed by atoms with Gasteiger partial charge >= 0.3 is 6.09 Å². The number of carbonyl (C=O) groups excluding carboxylic acids is 1. The van der Waals surface area contributed by atoms with Gasteiger partial charge in [0.2, 0.25) is 0 Å². The summed E-state index contributed by atoms with van der Waals surface area (Å²) in [4.78, 5) is 18.7. The quantitative estimate of drug-likeness (QED) is 0.341. The van der Waals surface area contributed by atoms with Crippen molar-refractivity contribution in [3.63, 3.8) is 0 Å². The highest BCUT2D eigenvalue weighted by atomic mass is 35.5. The molecule has 9 heteroatoms. The zero-order valence-electron chi connectivity index (χ0n) is 19.0. The van der Waals surface area contributed by atoms with Crippen molar-refractivity contribution in [3.8, 4) is 5.75 Å². The van der Waals surface area contributed by atoms with Crippen molar-refractivity contribution in [2.75, 3.05) is 13.7 Å². The molecule has 0 atom stereocenters. The SMILES string of the molecule is CCCCn1cc(C(C)(C)C)sc1=NC(=NNC(=O)OCC)c1cc(Cl)ccc1OC. The fourth-order valence-electron chi connectivity index (χ4n) is 2.66. The van der Waals surface area contributed by atoms with E-state index in [0.29, 0.717) is 16.3 Å². The monoisotopic (exact) mass is 466 g/mol. The van der Waals surface area contributed by atoms with Crippen LogP contribution in [0.15, 0.2) is 34.5 Å². The van der Waals surface area contributed by atoms with Gasteiger partial charge in [0, 0.05) is 22.6 Å². The van der Waals surface area contributed by atoms with Crippen LogP contribution >= 0.6 is 22.9 Å². The minimum Gasteiger partial charge on any atom is -0.496 e. The third-order valence-corrected chi connectivity index (χ3v) is 6.03. The molecule has 1 N–H and O–H groups in total. The molecule has 31 heavy (non-hydrogen) atoms. The van der Waals surface area contributed by atoms with Gasteiger partial charge in [-0.3, -0.25) is 0 Å². The van der Waals surface area contributed by atoms with E-state index in [2.05, 4.69) is 49.0 Å². The van der Waals surface area contributed by atoms with Gasteiger partial charge < -0.3 is 14.0 Å². The zero-order chi connectivity index (χ0) is 23.0. The summed E-state index contributed by atoms with van der Waals surface area (Å²) in [5, 5.41) is 4.74. The number of aromatic nitrogens is 1. The molecule has 0 unspecified atom stereocenters. The molecular formula is C22H31ClN4O3S. The van der Waals surface area contributed by atoms with Crippen molar-refractivity contribution >= 4 is 34.9 Å². The van der Waals surface area contributed by atoms with Gasteiger partial charge in [-0.25, -0.2) is 10.2 Å². The molecule has 0 saturated carbocycles. The number of rotatable bonds is 7. The maximum atomic E-state index is 11.9. The van der Waals surface area contributed by atoms with Crippen molar-refractivity contribution in [2.45, 2.75) is 59.4 Å². The lowest BCUT2D eigenvalue weighted by Gasteiger charge is -2.14. The number of hydrogen-bond acceptors (Lipinski definition) is 5. The summed E-state index contributed by atoms with van der Waals surface area (Å²) >= 11 is 7.83. The molecule has 0 fully saturated rings. The number of amidine groups is 1. The third kappa shape index (κ3) is 7.11. The second kappa shape index (κ2) is 11.3. The number of ether oxygens (including phenoxy) is 2. The Hall–Kier alpha value is -2.32. The van der Waals surface area contributed by atoms with Crippen LogP contribution in [0.4, 0.5) is 4.79 Å². The first kappa shape index (κ1) is 24.9. The standard InChI is InChI=1S/C22H31ClN4O3S/c1-7-9-12-27-14-18(22(3,4)5)31-20(27)24-19(25-26-21(28)30-8-2)16-13-15(23)10-11-17(16)29-6/h10-11,13-14H,7-9,12H2,1-6H3,(H,26,28). The maximum absolute atomic E-state index is 11.9. The molecule has 0 spiro atoms. The smallest absolute Gasteiger partial charge is 0.427 e. The Bertz CT molecular complexity index is 989. The predicted molar refractivity (Wildman–Crippen MR) is 126 cm³/mol. The van der Waals surface area contributed by atoms with Crippen LogP contribution in [0.25, 0.3) is 0 Å². The highest BCUT2D eigenvalue weighted by molar-refractivity contribution is 7.09. The number of thiazole rings is 1. The van der Waals surface area contributed by atoms with Gasteiger partial charge in [-0.05, 0) is 37.0 Å². The number of amides is 1. The highest BCUT2D eigenvalue weighted by Gasteiger charge is 2.19. The summed E-state index contributed by atoms with van der Waals surface area (Å²) in [6, 6.07) is 5.18. The van der Waals surface area contributed by atoms with Crippen LogP contribution in [-0.4, -0.2) is 30.2 Å². The number of carbonyl (C=O) groups is 1. The minimum absolute atomic E-state index is 0.0133. The van der Waals surface area contributed by atoms with E-state index in [1.165, 1.54) is 4.88 Å². The van der Waals surface area contributed by atoms with Gasteiger partial charge in [0.05, 0.1) is 19.3 Å². The number of methoxy groups -OCH3 is 1. The molecule has 7 nitrogen and oxygen atoms in total. The van der Waals surface area contributed by atoms with Gasteiger partial charge in [-0.2, -0.15) is 4.99 Å². The second-order valence-electron chi connectivity index (χ2n) is 7.90. The second-order valence-corrected chi connectivity index (χ2v) is 9.34. The van der Waals surface area contributed by atoms with Crippen molar-refractivity contribution in [1.82, 2.24) is 9.99 Å². The number of aryl methyl sites for hydroxylation is 1. The molecular weight excluding hydrogens is 436 g/mol. The molecule has 0 radical (unpaired) electrons. The van der Waals surface area contributed by atoms with Gasteiger partial charge in [-0.15, -0.1) is 16.4 Å². The summed E-state index contributed by atoms with van der Waals surface area (Å²) in [5.74, 6) is 0.824. The van der Waals surface area contributed by atoms with Crippen LogP contribution in [0.2, 0.25) is 5.02 Å². The average Bonchev–Trinajstić information content (AvgIpc) is 3.13. The Morgan fingerprint density at radius 3 is 2.65 bits per heavy atom. The molecule has 1 amide bonds. The summed E-state index contributed by atoms with van der Waals surface area (Å²) in [7, 11) is 1.56. The molecule has 2 rings (SSSR count). The number of halogens is 1. The molecule has 2 aromatic rings. The van der Waals surface area contributed by atoms with E-state index in [4.69, 9.17) is 26.1 Å².